The average molecular weight is 384 g/mol. The molecule has 2 aromatic heterocycles. The molecule has 2 aromatic rings. The minimum atomic E-state index is -4.40. The molecule has 0 spiro atoms. The smallest absolute Gasteiger partial charge is 0.353 e. The van der Waals surface area contributed by atoms with Crippen molar-refractivity contribution >= 4 is 23.1 Å². The molecule has 140 valence electrons. The highest BCUT2D eigenvalue weighted by atomic mass is 32.1. The topological polar surface area (TPSA) is 56.7 Å². The zero-order chi connectivity index (χ0) is 18.6. The first-order valence-corrected chi connectivity index (χ1v) is 8.98. The van der Waals surface area contributed by atoms with Crippen LogP contribution in [0.25, 0.3) is 0 Å². The van der Waals surface area contributed by atoms with Gasteiger partial charge in [0.1, 0.15) is 10.8 Å². The number of piperazine rings is 1. The Morgan fingerprint density at radius 3 is 2.62 bits per heavy atom. The van der Waals surface area contributed by atoms with Crippen molar-refractivity contribution in [1.29, 1.82) is 0 Å². The number of rotatable bonds is 3. The maximum Gasteiger partial charge on any atom is 0.434 e. The highest BCUT2D eigenvalue weighted by Crippen LogP contribution is 2.29. The van der Waals surface area contributed by atoms with Crippen molar-refractivity contribution in [3.8, 4) is 0 Å². The quantitative estimate of drug-likeness (QED) is 0.651. The molecule has 0 amide bonds. The van der Waals surface area contributed by atoms with Crippen LogP contribution in [0.4, 0.5) is 19.0 Å². The number of anilines is 1. The molecule has 0 aliphatic carbocycles. The molecule has 0 bridgehead atoms. The molecule has 0 saturated carbocycles. The first-order chi connectivity index (χ1) is 12.5. The summed E-state index contributed by atoms with van der Waals surface area (Å²) < 4.78 is 37.8. The maximum absolute atomic E-state index is 12.6. The first-order valence-electron chi connectivity index (χ1n) is 8.10. The lowest BCUT2D eigenvalue weighted by Gasteiger charge is -2.37. The fourth-order valence-electron chi connectivity index (χ4n) is 2.70. The Morgan fingerprint density at radius 2 is 2.04 bits per heavy atom. The van der Waals surface area contributed by atoms with Gasteiger partial charge in [0.25, 0.3) is 0 Å². The third-order valence-electron chi connectivity index (χ3n) is 4.00. The van der Waals surface area contributed by atoms with Crippen molar-refractivity contribution < 1.29 is 13.2 Å². The standard InChI is InChI=1S/C16H19F3N6S/c1-20-15(22-10-14-23-12(11-26-14)16(17,18)19)25-8-6-24(7-9-25)13-4-2-3-5-21-13/h2-5,11H,6-10H2,1H3,(H,20,22). The number of alkyl halides is 3. The third-order valence-corrected chi connectivity index (χ3v) is 4.85. The van der Waals surface area contributed by atoms with Crippen LogP contribution in [0.5, 0.6) is 0 Å². The SMILES string of the molecule is CN=C(NCc1nc(C(F)(F)F)cs1)N1CCN(c2ccccn2)CC1. The number of guanidine groups is 1. The van der Waals surface area contributed by atoms with E-state index in [0.717, 1.165) is 48.7 Å². The lowest BCUT2D eigenvalue weighted by atomic mass is 10.3. The van der Waals surface area contributed by atoms with Gasteiger partial charge in [-0.1, -0.05) is 6.07 Å². The molecule has 26 heavy (non-hydrogen) atoms. The van der Waals surface area contributed by atoms with Gasteiger partial charge in [-0.2, -0.15) is 13.2 Å². The molecule has 6 nitrogen and oxygen atoms in total. The lowest BCUT2D eigenvalue weighted by Crippen LogP contribution is -2.52. The number of hydrogen-bond acceptors (Lipinski definition) is 5. The van der Waals surface area contributed by atoms with Crippen LogP contribution in [-0.4, -0.2) is 54.1 Å². The predicted octanol–water partition coefficient (Wildman–Crippen LogP) is 2.45. The highest BCUT2D eigenvalue weighted by molar-refractivity contribution is 7.09. The molecule has 1 aliphatic rings. The molecule has 3 rings (SSSR count). The van der Waals surface area contributed by atoms with Gasteiger partial charge in [0.2, 0.25) is 0 Å². The molecule has 0 aromatic carbocycles. The predicted molar refractivity (Wildman–Crippen MR) is 95.3 cm³/mol. The molecule has 0 unspecified atom stereocenters. The van der Waals surface area contributed by atoms with Gasteiger partial charge in [-0.15, -0.1) is 11.3 Å². The van der Waals surface area contributed by atoms with E-state index in [9.17, 15) is 13.2 Å². The second kappa shape index (κ2) is 7.90. The van der Waals surface area contributed by atoms with Gasteiger partial charge < -0.3 is 15.1 Å². The summed E-state index contributed by atoms with van der Waals surface area (Å²) in [4.78, 5) is 16.5. The summed E-state index contributed by atoms with van der Waals surface area (Å²) in [5.41, 5.74) is -0.849. The Hall–Kier alpha value is -2.36. The summed E-state index contributed by atoms with van der Waals surface area (Å²) >= 11 is 0.990. The summed E-state index contributed by atoms with van der Waals surface area (Å²) in [6.45, 7) is 3.32. The largest absolute Gasteiger partial charge is 0.434 e. The maximum atomic E-state index is 12.6. The summed E-state index contributed by atoms with van der Waals surface area (Å²) in [6, 6.07) is 5.82. The van der Waals surface area contributed by atoms with Crippen LogP contribution in [0, 0.1) is 0 Å². The summed E-state index contributed by atoms with van der Waals surface area (Å²) in [5, 5.41) is 4.51. The molecule has 1 fully saturated rings. The molecule has 0 radical (unpaired) electrons. The van der Waals surface area contributed by atoms with Crippen molar-refractivity contribution in [3.05, 3.63) is 40.5 Å². The Morgan fingerprint density at radius 1 is 1.27 bits per heavy atom. The van der Waals surface area contributed by atoms with Gasteiger partial charge in [0.05, 0.1) is 6.54 Å². The number of nitrogens with zero attached hydrogens (tertiary/aromatic N) is 5. The van der Waals surface area contributed by atoms with Gasteiger partial charge in [0.15, 0.2) is 11.7 Å². The second-order valence-corrected chi connectivity index (χ2v) is 6.63. The van der Waals surface area contributed by atoms with E-state index in [1.54, 1.807) is 13.2 Å². The number of halogens is 3. The van der Waals surface area contributed by atoms with E-state index in [1.807, 2.05) is 18.2 Å². The van der Waals surface area contributed by atoms with Gasteiger partial charge in [-0.25, -0.2) is 9.97 Å². The lowest BCUT2D eigenvalue weighted by molar-refractivity contribution is -0.140. The highest BCUT2D eigenvalue weighted by Gasteiger charge is 2.33. The van der Waals surface area contributed by atoms with E-state index in [-0.39, 0.29) is 6.54 Å². The summed E-state index contributed by atoms with van der Waals surface area (Å²) in [6.07, 6.45) is -2.64. The number of pyridine rings is 1. The number of aromatic nitrogens is 2. The van der Waals surface area contributed by atoms with Crippen LogP contribution in [0.15, 0.2) is 34.8 Å². The van der Waals surface area contributed by atoms with E-state index >= 15 is 0 Å². The van der Waals surface area contributed by atoms with Crippen molar-refractivity contribution in [2.45, 2.75) is 12.7 Å². The molecule has 1 saturated heterocycles. The van der Waals surface area contributed by atoms with E-state index in [4.69, 9.17) is 0 Å². The summed E-state index contributed by atoms with van der Waals surface area (Å²) in [7, 11) is 1.66. The number of thiazole rings is 1. The molecular weight excluding hydrogens is 365 g/mol. The second-order valence-electron chi connectivity index (χ2n) is 5.69. The van der Waals surface area contributed by atoms with E-state index in [0.29, 0.717) is 11.0 Å². The van der Waals surface area contributed by atoms with Gasteiger partial charge in [-0.3, -0.25) is 4.99 Å². The summed E-state index contributed by atoms with van der Waals surface area (Å²) in [5.74, 6) is 1.60. The van der Waals surface area contributed by atoms with Crippen LogP contribution in [-0.2, 0) is 12.7 Å². The molecular formula is C16H19F3N6S. The van der Waals surface area contributed by atoms with E-state index in [2.05, 4.69) is 30.1 Å². The van der Waals surface area contributed by atoms with Crippen LogP contribution in [0.1, 0.15) is 10.7 Å². The average Bonchev–Trinajstić information content (AvgIpc) is 3.13. The minimum Gasteiger partial charge on any atom is -0.353 e. The Bertz CT molecular complexity index is 738. The fraction of sp³-hybridized carbons (Fsp3) is 0.438. The van der Waals surface area contributed by atoms with Gasteiger partial charge in [-0.05, 0) is 12.1 Å². The first kappa shape index (κ1) is 18.4. The van der Waals surface area contributed by atoms with Crippen LogP contribution < -0.4 is 10.2 Å². The normalized spacial score (nSPS) is 16.1. The molecule has 1 N–H and O–H groups in total. The van der Waals surface area contributed by atoms with Crippen LogP contribution in [0.2, 0.25) is 0 Å². The number of hydrogen-bond donors (Lipinski definition) is 1. The van der Waals surface area contributed by atoms with Crippen molar-refractivity contribution in [1.82, 2.24) is 20.2 Å². The fourth-order valence-corrected chi connectivity index (χ4v) is 3.44. The minimum absolute atomic E-state index is 0.216. The Balaban J connectivity index is 1.53. The number of nitrogens with one attached hydrogen (secondary N) is 1. The van der Waals surface area contributed by atoms with Gasteiger partial charge in [0, 0.05) is 44.8 Å². The van der Waals surface area contributed by atoms with Crippen molar-refractivity contribution in [3.63, 3.8) is 0 Å². The van der Waals surface area contributed by atoms with Gasteiger partial charge >= 0.3 is 6.18 Å². The zero-order valence-electron chi connectivity index (χ0n) is 14.2. The zero-order valence-corrected chi connectivity index (χ0v) is 15.0. The van der Waals surface area contributed by atoms with Crippen molar-refractivity contribution in [2.24, 2.45) is 4.99 Å². The molecule has 0 atom stereocenters. The molecule has 3 heterocycles. The van der Waals surface area contributed by atoms with Crippen molar-refractivity contribution in [2.75, 3.05) is 38.1 Å². The van der Waals surface area contributed by atoms with Crippen LogP contribution >= 0.6 is 11.3 Å². The van der Waals surface area contributed by atoms with Crippen LogP contribution in [0.3, 0.4) is 0 Å². The Labute approximate surface area is 153 Å². The molecule has 10 heteroatoms. The Kier molecular flexibility index (Phi) is 5.60. The van der Waals surface area contributed by atoms with E-state index in [1.165, 1.54) is 0 Å². The number of aliphatic imine (C=N–C) groups is 1. The monoisotopic (exact) mass is 384 g/mol. The third kappa shape index (κ3) is 4.43. The van der Waals surface area contributed by atoms with E-state index < -0.39 is 11.9 Å². The molecule has 1 aliphatic heterocycles.